The molecule has 24 heavy (non-hydrogen) atoms. The highest BCUT2D eigenvalue weighted by molar-refractivity contribution is 6.41. The second kappa shape index (κ2) is 7.58. The molecular formula is C20H21Cl2NO. The molecule has 1 N–H and O–H groups in total. The smallest absolute Gasteiger partial charge is 0.221 e. The highest BCUT2D eigenvalue weighted by atomic mass is 35.5. The van der Waals surface area contributed by atoms with Crippen molar-refractivity contribution in [3.05, 3.63) is 52.0 Å². The fraction of sp³-hybridized carbons (Fsp3) is 0.350. The molecule has 1 aliphatic rings. The molecule has 1 fully saturated rings. The van der Waals surface area contributed by atoms with Crippen LogP contribution in [0.3, 0.4) is 0 Å². The second-order valence-electron chi connectivity index (χ2n) is 6.40. The van der Waals surface area contributed by atoms with E-state index in [0.29, 0.717) is 21.7 Å². The van der Waals surface area contributed by atoms with E-state index in [4.69, 9.17) is 23.2 Å². The van der Waals surface area contributed by atoms with Gasteiger partial charge in [-0.3, -0.25) is 4.79 Å². The van der Waals surface area contributed by atoms with Crippen LogP contribution < -0.4 is 5.32 Å². The van der Waals surface area contributed by atoms with E-state index in [1.165, 1.54) is 26.2 Å². The van der Waals surface area contributed by atoms with Crippen molar-refractivity contribution < 1.29 is 4.79 Å². The Hall–Kier alpha value is -1.51. The van der Waals surface area contributed by atoms with Gasteiger partial charge < -0.3 is 5.32 Å². The number of benzene rings is 2. The van der Waals surface area contributed by atoms with E-state index in [1.54, 1.807) is 0 Å². The molecule has 0 aliphatic heterocycles. The number of hydrogen-bond acceptors (Lipinski definition) is 1. The topological polar surface area (TPSA) is 29.1 Å². The van der Waals surface area contributed by atoms with Crippen molar-refractivity contribution in [3.63, 3.8) is 0 Å². The molecule has 1 amide bonds. The maximum Gasteiger partial charge on any atom is 0.221 e. The molecule has 3 rings (SSSR count). The summed E-state index contributed by atoms with van der Waals surface area (Å²) in [6, 6.07) is 11.9. The maximum atomic E-state index is 11.6. The first-order chi connectivity index (χ1) is 11.6. The van der Waals surface area contributed by atoms with Crippen LogP contribution in [0.5, 0.6) is 0 Å². The Morgan fingerprint density at radius 2 is 1.71 bits per heavy atom. The molecule has 126 valence electrons. The molecule has 2 aromatic carbocycles. The molecule has 1 aliphatic carbocycles. The van der Waals surface area contributed by atoms with Gasteiger partial charge in [-0.15, -0.1) is 0 Å². The van der Waals surface area contributed by atoms with E-state index in [-0.39, 0.29) is 5.91 Å². The van der Waals surface area contributed by atoms with Crippen LogP contribution in [0.25, 0.3) is 11.1 Å². The van der Waals surface area contributed by atoms with Crippen molar-refractivity contribution in [2.24, 2.45) is 0 Å². The summed E-state index contributed by atoms with van der Waals surface area (Å²) in [6.07, 6.45) is 6.00. The van der Waals surface area contributed by atoms with Crippen molar-refractivity contribution in [1.29, 1.82) is 0 Å². The average molecular weight is 362 g/mol. The zero-order chi connectivity index (χ0) is 17.1. The van der Waals surface area contributed by atoms with Crippen LogP contribution in [0.2, 0.25) is 10.0 Å². The molecule has 1 saturated carbocycles. The van der Waals surface area contributed by atoms with E-state index >= 15 is 0 Å². The van der Waals surface area contributed by atoms with Crippen molar-refractivity contribution in [3.8, 4) is 11.1 Å². The Morgan fingerprint density at radius 1 is 1.04 bits per heavy atom. The summed E-state index contributed by atoms with van der Waals surface area (Å²) in [7, 11) is 0. The first kappa shape index (κ1) is 17.3. The number of anilines is 1. The maximum absolute atomic E-state index is 11.6. The van der Waals surface area contributed by atoms with Gasteiger partial charge in [-0.25, -0.2) is 0 Å². The largest absolute Gasteiger partial charge is 0.325 e. The number of halogens is 2. The lowest BCUT2D eigenvalue weighted by Crippen LogP contribution is -2.10. The molecule has 0 heterocycles. The van der Waals surface area contributed by atoms with Gasteiger partial charge in [0, 0.05) is 12.5 Å². The summed E-state index contributed by atoms with van der Waals surface area (Å²) < 4.78 is 0. The summed E-state index contributed by atoms with van der Waals surface area (Å²) in [5, 5.41) is 4.08. The van der Waals surface area contributed by atoms with Crippen molar-refractivity contribution in [2.45, 2.75) is 44.9 Å². The van der Waals surface area contributed by atoms with Crippen LogP contribution in [0.1, 0.15) is 50.5 Å². The normalized spacial score (nSPS) is 15.3. The van der Waals surface area contributed by atoms with Crippen LogP contribution in [0.15, 0.2) is 36.4 Å². The Morgan fingerprint density at radius 3 is 2.33 bits per heavy atom. The molecule has 0 atom stereocenters. The minimum Gasteiger partial charge on any atom is -0.325 e. The molecule has 0 aromatic heterocycles. The fourth-order valence-corrected chi connectivity index (χ4v) is 4.27. The minimum absolute atomic E-state index is 0.132. The van der Waals surface area contributed by atoms with Gasteiger partial charge in [0.15, 0.2) is 0 Å². The van der Waals surface area contributed by atoms with Crippen molar-refractivity contribution in [2.75, 3.05) is 5.32 Å². The number of carbonyl (C=O) groups excluding carboxylic acids is 1. The van der Waals surface area contributed by atoms with Gasteiger partial charge in [-0.1, -0.05) is 72.8 Å². The highest BCUT2D eigenvalue weighted by Crippen LogP contribution is 2.46. The number of hydrogen-bond donors (Lipinski definition) is 1. The first-order valence-corrected chi connectivity index (χ1v) is 9.18. The predicted octanol–water partition coefficient (Wildman–Crippen LogP) is 6.67. The predicted molar refractivity (Wildman–Crippen MR) is 102 cm³/mol. The summed E-state index contributed by atoms with van der Waals surface area (Å²) >= 11 is 13.4. The van der Waals surface area contributed by atoms with Crippen LogP contribution in [0.4, 0.5) is 5.69 Å². The van der Waals surface area contributed by atoms with E-state index in [2.05, 4.69) is 5.32 Å². The van der Waals surface area contributed by atoms with E-state index in [1.807, 2.05) is 36.4 Å². The van der Waals surface area contributed by atoms with E-state index < -0.39 is 0 Å². The van der Waals surface area contributed by atoms with E-state index in [0.717, 1.165) is 29.5 Å². The summed E-state index contributed by atoms with van der Waals surface area (Å²) in [6.45, 7) is 1.49. The van der Waals surface area contributed by atoms with Crippen molar-refractivity contribution in [1.82, 2.24) is 0 Å². The Kier molecular flexibility index (Phi) is 5.47. The number of amides is 1. The molecule has 0 spiro atoms. The molecule has 4 heteroatoms. The summed E-state index contributed by atoms with van der Waals surface area (Å²) in [4.78, 5) is 11.6. The van der Waals surface area contributed by atoms with Crippen molar-refractivity contribution >= 4 is 34.8 Å². The zero-order valence-corrected chi connectivity index (χ0v) is 15.3. The summed E-state index contributed by atoms with van der Waals surface area (Å²) in [5.74, 6) is 0.298. The summed E-state index contributed by atoms with van der Waals surface area (Å²) in [5.41, 5.74) is 3.53. The molecule has 0 unspecified atom stereocenters. The third kappa shape index (κ3) is 3.60. The Labute approximate surface area is 153 Å². The lowest BCUT2D eigenvalue weighted by molar-refractivity contribution is -0.114. The quantitative estimate of drug-likeness (QED) is 0.649. The van der Waals surface area contributed by atoms with Gasteiger partial charge >= 0.3 is 0 Å². The third-order valence-corrected chi connectivity index (χ3v) is 5.45. The molecule has 0 saturated heterocycles. The standard InChI is InChI=1S/C20H21Cl2NO/c1-13(24)23-17-12-16(14-8-4-2-5-9-14)19(21)18(20(17)22)15-10-6-3-7-11-15/h3,6-7,10-12,14H,2,4-5,8-9H2,1H3,(H,23,24). The lowest BCUT2D eigenvalue weighted by Gasteiger charge is -2.25. The van der Waals surface area contributed by atoms with Crippen LogP contribution in [-0.2, 0) is 4.79 Å². The molecule has 0 radical (unpaired) electrons. The van der Waals surface area contributed by atoms with Gasteiger partial charge in [-0.2, -0.15) is 0 Å². The van der Waals surface area contributed by atoms with Gasteiger partial charge in [0.05, 0.1) is 15.7 Å². The number of nitrogens with one attached hydrogen (secondary N) is 1. The monoisotopic (exact) mass is 361 g/mol. The Balaban J connectivity index is 2.17. The van der Waals surface area contributed by atoms with Crippen LogP contribution in [-0.4, -0.2) is 5.91 Å². The highest BCUT2D eigenvalue weighted by Gasteiger charge is 2.24. The average Bonchev–Trinajstić information content (AvgIpc) is 2.59. The molecule has 2 nitrogen and oxygen atoms in total. The second-order valence-corrected chi connectivity index (χ2v) is 7.15. The molecule has 0 bridgehead atoms. The number of carbonyl (C=O) groups is 1. The van der Waals surface area contributed by atoms with Crippen LogP contribution >= 0.6 is 23.2 Å². The van der Waals surface area contributed by atoms with Gasteiger partial charge in [-0.05, 0) is 36.0 Å². The zero-order valence-electron chi connectivity index (χ0n) is 13.7. The molecule has 2 aromatic rings. The molecular weight excluding hydrogens is 341 g/mol. The Bertz CT molecular complexity index is 737. The minimum atomic E-state index is -0.132. The van der Waals surface area contributed by atoms with Crippen LogP contribution in [0, 0.1) is 0 Å². The van der Waals surface area contributed by atoms with Gasteiger partial charge in [0.2, 0.25) is 5.91 Å². The third-order valence-electron chi connectivity index (χ3n) is 4.65. The fourth-order valence-electron chi connectivity index (χ4n) is 3.51. The number of rotatable bonds is 3. The van der Waals surface area contributed by atoms with Gasteiger partial charge in [0.25, 0.3) is 0 Å². The lowest BCUT2D eigenvalue weighted by atomic mass is 9.82. The van der Waals surface area contributed by atoms with Gasteiger partial charge in [0.1, 0.15) is 0 Å². The van der Waals surface area contributed by atoms with E-state index in [9.17, 15) is 4.79 Å². The first-order valence-electron chi connectivity index (χ1n) is 8.43. The SMILES string of the molecule is CC(=O)Nc1cc(C2CCCCC2)c(Cl)c(-c2ccccc2)c1Cl.